The molecule has 0 bridgehead atoms. The molecule has 1 aromatic carbocycles. The van der Waals surface area contributed by atoms with Crippen LogP contribution in [0.25, 0.3) is 0 Å². The maximum absolute atomic E-state index is 12.7. The summed E-state index contributed by atoms with van der Waals surface area (Å²) in [5, 5.41) is 4.06. The molecule has 1 heterocycles. The third-order valence-electron chi connectivity index (χ3n) is 4.17. The highest BCUT2D eigenvalue weighted by atomic mass is 35.5. The number of hydrogen-bond acceptors (Lipinski definition) is 2. The van der Waals surface area contributed by atoms with Gasteiger partial charge in [0.2, 0.25) is 0 Å². The molecule has 0 aromatic heterocycles. The van der Waals surface area contributed by atoms with E-state index in [2.05, 4.69) is 10.2 Å². The molecule has 1 amide bonds. The number of amides is 1. The van der Waals surface area contributed by atoms with Gasteiger partial charge in [-0.15, -0.1) is 0 Å². The van der Waals surface area contributed by atoms with Crippen molar-refractivity contribution in [2.24, 2.45) is 5.92 Å². The Balaban J connectivity index is 1.71. The van der Waals surface area contributed by atoms with Crippen LogP contribution < -0.4 is 5.32 Å². The SMILES string of the molecule is O=C(c1cccc(Cl)c1)N(CC1CCCNC1)C1CC1. The molecule has 3 rings (SSSR count). The number of carbonyl (C=O) groups is 1. The summed E-state index contributed by atoms with van der Waals surface area (Å²) in [5.74, 6) is 0.730. The molecule has 2 fully saturated rings. The first kappa shape index (κ1) is 13.9. The number of nitrogens with zero attached hydrogens (tertiary/aromatic N) is 1. The molecule has 3 nitrogen and oxygen atoms in total. The molecule has 2 aliphatic rings. The van der Waals surface area contributed by atoms with Crippen LogP contribution in [-0.2, 0) is 0 Å². The summed E-state index contributed by atoms with van der Waals surface area (Å²) in [6.45, 7) is 3.03. The molecular formula is C16H21ClN2O. The topological polar surface area (TPSA) is 32.3 Å². The molecule has 0 spiro atoms. The highest BCUT2D eigenvalue weighted by Gasteiger charge is 2.34. The molecule has 1 aromatic rings. The van der Waals surface area contributed by atoms with E-state index in [-0.39, 0.29) is 5.91 Å². The number of benzene rings is 1. The second-order valence-electron chi connectivity index (χ2n) is 5.91. The fourth-order valence-electron chi connectivity index (χ4n) is 2.93. The molecule has 1 atom stereocenters. The second kappa shape index (κ2) is 6.15. The van der Waals surface area contributed by atoms with Crippen LogP contribution in [0.15, 0.2) is 24.3 Å². The van der Waals surface area contributed by atoms with Crippen LogP contribution in [0.5, 0.6) is 0 Å². The van der Waals surface area contributed by atoms with Crippen molar-refractivity contribution in [2.45, 2.75) is 31.7 Å². The van der Waals surface area contributed by atoms with E-state index in [0.717, 1.165) is 32.5 Å². The zero-order valence-corrected chi connectivity index (χ0v) is 12.4. The first-order valence-corrected chi connectivity index (χ1v) is 7.89. The standard InChI is InChI=1S/C16H21ClN2O/c17-14-5-1-4-13(9-14)16(20)19(15-6-7-15)11-12-3-2-8-18-10-12/h1,4-5,9,12,15,18H,2-3,6-8,10-11H2. The summed E-state index contributed by atoms with van der Waals surface area (Å²) in [4.78, 5) is 14.8. The van der Waals surface area contributed by atoms with Crippen molar-refractivity contribution in [3.05, 3.63) is 34.9 Å². The summed E-state index contributed by atoms with van der Waals surface area (Å²) in [6.07, 6.45) is 4.73. The van der Waals surface area contributed by atoms with Crippen LogP contribution in [0.1, 0.15) is 36.0 Å². The Kier molecular flexibility index (Phi) is 4.27. The first-order valence-electron chi connectivity index (χ1n) is 7.51. The number of piperidine rings is 1. The van der Waals surface area contributed by atoms with Gasteiger partial charge in [0, 0.05) is 23.2 Å². The molecule has 1 aliphatic carbocycles. The summed E-state index contributed by atoms with van der Waals surface area (Å²) in [7, 11) is 0. The Labute approximate surface area is 125 Å². The minimum atomic E-state index is 0.139. The van der Waals surface area contributed by atoms with Gasteiger partial charge >= 0.3 is 0 Å². The van der Waals surface area contributed by atoms with E-state index in [1.54, 1.807) is 6.07 Å². The predicted octanol–water partition coefficient (Wildman–Crippen LogP) is 2.94. The summed E-state index contributed by atoms with van der Waals surface area (Å²) < 4.78 is 0. The first-order chi connectivity index (χ1) is 9.74. The average Bonchev–Trinajstić information content (AvgIpc) is 3.30. The van der Waals surface area contributed by atoms with E-state index in [4.69, 9.17) is 11.6 Å². The minimum Gasteiger partial charge on any atom is -0.335 e. The fourth-order valence-corrected chi connectivity index (χ4v) is 3.12. The molecule has 1 unspecified atom stereocenters. The van der Waals surface area contributed by atoms with Crippen molar-refractivity contribution in [3.8, 4) is 0 Å². The number of carbonyl (C=O) groups excluding carboxylic acids is 1. The second-order valence-corrected chi connectivity index (χ2v) is 6.35. The lowest BCUT2D eigenvalue weighted by Crippen LogP contribution is -2.42. The Hall–Kier alpha value is -1.06. The normalized spacial score (nSPS) is 22.6. The maximum atomic E-state index is 12.7. The minimum absolute atomic E-state index is 0.139. The Morgan fingerprint density at radius 3 is 2.85 bits per heavy atom. The smallest absolute Gasteiger partial charge is 0.254 e. The van der Waals surface area contributed by atoms with E-state index in [1.165, 1.54) is 12.8 Å². The summed E-state index contributed by atoms with van der Waals surface area (Å²) >= 11 is 6.00. The lowest BCUT2D eigenvalue weighted by Gasteiger charge is -2.30. The number of halogens is 1. The molecular weight excluding hydrogens is 272 g/mol. The fraction of sp³-hybridized carbons (Fsp3) is 0.562. The number of nitrogens with one attached hydrogen (secondary N) is 1. The van der Waals surface area contributed by atoms with Crippen LogP contribution >= 0.6 is 11.6 Å². The third kappa shape index (κ3) is 3.33. The van der Waals surface area contributed by atoms with E-state index in [0.29, 0.717) is 22.5 Å². The zero-order valence-electron chi connectivity index (χ0n) is 11.6. The molecule has 1 N–H and O–H groups in total. The monoisotopic (exact) mass is 292 g/mol. The Morgan fingerprint density at radius 2 is 2.20 bits per heavy atom. The van der Waals surface area contributed by atoms with Gasteiger partial charge in [-0.2, -0.15) is 0 Å². The number of rotatable bonds is 4. The van der Waals surface area contributed by atoms with Gasteiger partial charge in [0.1, 0.15) is 0 Å². The van der Waals surface area contributed by atoms with E-state index < -0.39 is 0 Å². The van der Waals surface area contributed by atoms with Gasteiger partial charge in [-0.3, -0.25) is 4.79 Å². The van der Waals surface area contributed by atoms with Crippen LogP contribution in [0.2, 0.25) is 5.02 Å². The molecule has 20 heavy (non-hydrogen) atoms. The maximum Gasteiger partial charge on any atom is 0.254 e. The average molecular weight is 293 g/mol. The molecule has 1 saturated heterocycles. The van der Waals surface area contributed by atoms with Crippen LogP contribution in [0.3, 0.4) is 0 Å². The van der Waals surface area contributed by atoms with Crippen molar-refractivity contribution < 1.29 is 4.79 Å². The Morgan fingerprint density at radius 1 is 1.35 bits per heavy atom. The number of hydrogen-bond donors (Lipinski definition) is 1. The molecule has 108 valence electrons. The zero-order chi connectivity index (χ0) is 13.9. The lowest BCUT2D eigenvalue weighted by atomic mass is 9.98. The quantitative estimate of drug-likeness (QED) is 0.925. The summed E-state index contributed by atoms with van der Waals surface area (Å²) in [5.41, 5.74) is 0.716. The molecule has 4 heteroatoms. The van der Waals surface area contributed by atoms with Crippen molar-refractivity contribution in [1.82, 2.24) is 10.2 Å². The van der Waals surface area contributed by atoms with E-state index in [9.17, 15) is 4.79 Å². The molecule has 1 saturated carbocycles. The van der Waals surface area contributed by atoms with Crippen molar-refractivity contribution in [2.75, 3.05) is 19.6 Å². The van der Waals surface area contributed by atoms with Crippen molar-refractivity contribution in [1.29, 1.82) is 0 Å². The third-order valence-corrected chi connectivity index (χ3v) is 4.41. The van der Waals surface area contributed by atoms with E-state index >= 15 is 0 Å². The highest BCUT2D eigenvalue weighted by molar-refractivity contribution is 6.30. The van der Waals surface area contributed by atoms with Gasteiger partial charge in [-0.1, -0.05) is 17.7 Å². The van der Waals surface area contributed by atoms with Crippen LogP contribution in [0, 0.1) is 5.92 Å². The van der Waals surface area contributed by atoms with Crippen LogP contribution in [0.4, 0.5) is 0 Å². The summed E-state index contributed by atoms with van der Waals surface area (Å²) in [6, 6.07) is 7.75. The van der Waals surface area contributed by atoms with Gasteiger partial charge < -0.3 is 10.2 Å². The van der Waals surface area contributed by atoms with Gasteiger partial charge in [-0.05, 0) is 62.9 Å². The van der Waals surface area contributed by atoms with Crippen molar-refractivity contribution >= 4 is 17.5 Å². The predicted molar refractivity (Wildman–Crippen MR) is 81.1 cm³/mol. The largest absolute Gasteiger partial charge is 0.335 e. The van der Waals surface area contributed by atoms with Crippen molar-refractivity contribution in [3.63, 3.8) is 0 Å². The van der Waals surface area contributed by atoms with Gasteiger partial charge in [0.05, 0.1) is 0 Å². The van der Waals surface area contributed by atoms with Gasteiger partial charge in [-0.25, -0.2) is 0 Å². The molecule has 1 aliphatic heterocycles. The van der Waals surface area contributed by atoms with Crippen LogP contribution in [-0.4, -0.2) is 36.5 Å². The van der Waals surface area contributed by atoms with E-state index in [1.807, 2.05) is 18.2 Å². The van der Waals surface area contributed by atoms with Gasteiger partial charge in [0.15, 0.2) is 0 Å². The van der Waals surface area contributed by atoms with Gasteiger partial charge in [0.25, 0.3) is 5.91 Å². The highest BCUT2D eigenvalue weighted by Crippen LogP contribution is 2.30. The Bertz CT molecular complexity index is 481. The molecule has 0 radical (unpaired) electrons. The lowest BCUT2D eigenvalue weighted by molar-refractivity contribution is 0.0704.